The van der Waals surface area contributed by atoms with Crippen molar-refractivity contribution in [1.29, 1.82) is 0 Å². The lowest BCUT2D eigenvalue weighted by molar-refractivity contribution is -0.153. The van der Waals surface area contributed by atoms with Gasteiger partial charge < -0.3 is 14.4 Å². The molecule has 5 rings (SSSR count). The van der Waals surface area contributed by atoms with E-state index in [0.29, 0.717) is 6.54 Å². The molecule has 2 aromatic carbocycles. The largest absolute Gasteiger partial charge is 0.460 e. The van der Waals surface area contributed by atoms with Crippen LogP contribution in [0.25, 0.3) is 0 Å². The molecule has 3 heterocycles. The van der Waals surface area contributed by atoms with Gasteiger partial charge in [-0.2, -0.15) is 0 Å². The third kappa shape index (κ3) is 2.58. The zero-order valence-corrected chi connectivity index (χ0v) is 15.6. The second-order valence-corrected chi connectivity index (χ2v) is 7.76. The highest BCUT2D eigenvalue weighted by Crippen LogP contribution is 2.53. The first-order chi connectivity index (χ1) is 13.6. The van der Waals surface area contributed by atoms with Crippen LogP contribution in [-0.4, -0.2) is 30.1 Å². The van der Waals surface area contributed by atoms with Gasteiger partial charge in [-0.05, 0) is 30.2 Å². The smallest absolute Gasteiger partial charge is 0.313 e. The maximum absolute atomic E-state index is 13.3. The highest BCUT2D eigenvalue weighted by Gasteiger charge is 2.67. The molecule has 5 nitrogen and oxygen atoms in total. The van der Waals surface area contributed by atoms with Crippen molar-refractivity contribution < 1.29 is 19.1 Å². The molecule has 1 spiro atoms. The molecular weight excluding hydrogens is 354 g/mol. The van der Waals surface area contributed by atoms with Gasteiger partial charge in [0, 0.05) is 5.69 Å². The molecule has 2 aromatic rings. The third-order valence-corrected chi connectivity index (χ3v) is 5.91. The van der Waals surface area contributed by atoms with Crippen LogP contribution in [0, 0.1) is 18.8 Å². The number of hydrogen-bond acceptors (Lipinski definition) is 4. The van der Waals surface area contributed by atoms with Crippen LogP contribution >= 0.6 is 0 Å². The molecule has 1 amide bonds. The summed E-state index contributed by atoms with van der Waals surface area (Å²) in [6.45, 7) is 2.62. The number of fused-ring (bicyclic) bond motifs is 1. The van der Waals surface area contributed by atoms with Crippen LogP contribution in [0.1, 0.15) is 11.1 Å². The number of ether oxygens (including phenoxy) is 2. The van der Waals surface area contributed by atoms with Crippen molar-refractivity contribution in [3.63, 3.8) is 0 Å². The minimum absolute atomic E-state index is 0.0703. The summed E-state index contributed by atoms with van der Waals surface area (Å²) in [6.07, 6.45) is 3.46. The maximum Gasteiger partial charge on any atom is 0.313 e. The van der Waals surface area contributed by atoms with Crippen LogP contribution in [0.5, 0.6) is 0 Å². The number of rotatable bonds is 4. The molecule has 0 radical (unpaired) electrons. The average molecular weight is 375 g/mol. The Morgan fingerprint density at radius 2 is 2.04 bits per heavy atom. The third-order valence-electron chi connectivity index (χ3n) is 5.91. The fraction of sp³-hybridized carbons (Fsp3) is 0.304. The van der Waals surface area contributed by atoms with Crippen molar-refractivity contribution in [2.75, 3.05) is 11.4 Å². The van der Waals surface area contributed by atoms with Gasteiger partial charge in [-0.15, -0.1) is 0 Å². The van der Waals surface area contributed by atoms with Crippen molar-refractivity contribution in [2.24, 2.45) is 11.8 Å². The van der Waals surface area contributed by atoms with E-state index in [9.17, 15) is 9.59 Å². The van der Waals surface area contributed by atoms with E-state index < -0.39 is 23.5 Å². The Balaban J connectivity index is 1.39. The highest BCUT2D eigenvalue weighted by molar-refractivity contribution is 6.02. The number of nitrogens with zero attached hydrogens (tertiary/aromatic N) is 1. The number of anilines is 1. The first-order valence-electron chi connectivity index (χ1n) is 9.53. The number of amides is 1. The molecule has 2 bridgehead atoms. The van der Waals surface area contributed by atoms with Crippen molar-refractivity contribution >= 4 is 17.6 Å². The van der Waals surface area contributed by atoms with Gasteiger partial charge in [-0.1, -0.05) is 54.6 Å². The summed E-state index contributed by atoms with van der Waals surface area (Å²) >= 11 is 0. The van der Waals surface area contributed by atoms with Crippen molar-refractivity contribution in [3.8, 4) is 0 Å². The van der Waals surface area contributed by atoms with Gasteiger partial charge in [-0.3, -0.25) is 9.59 Å². The summed E-state index contributed by atoms with van der Waals surface area (Å²) in [5.74, 6) is -1.58. The molecule has 4 atom stereocenters. The highest BCUT2D eigenvalue weighted by atomic mass is 16.6. The number of hydrogen-bond donors (Lipinski definition) is 0. The van der Waals surface area contributed by atoms with Crippen molar-refractivity contribution in [3.05, 3.63) is 77.9 Å². The quantitative estimate of drug-likeness (QED) is 0.609. The molecular formula is C23H21NO4. The van der Waals surface area contributed by atoms with Crippen LogP contribution in [0.2, 0.25) is 0 Å². The van der Waals surface area contributed by atoms with Gasteiger partial charge in [0.05, 0.1) is 18.6 Å². The molecule has 142 valence electrons. The summed E-state index contributed by atoms with van der Waals surface area (Å²) in [4.78, 5) is 27.9. The SMILES string of the molecule is Cc1cccc(N2C[C@@]34C=C[C@H](O3)[C@H](C(=O)OCc3ccccc3)[C@H]4C2=O)c1. The van der Waals surface area contributed by atoms with Gasteiger partial charge >= 0.3 is 5.97 Å². The van der Waals surface area contributed by atoms with Gasteiger partial charge in [0.15, 0.2) is 0 Å². The summed E-state index contributed by atoms with van der Waals surface area (Å²) in [5, 5.41) is 0. The second-order valence-electron chi connectivity index (χ2n) is 7.76. The van der Waals surface area contributed by atoms with Crippen LogP contribution in [0.4, 0.5) is 5.69 Å². The van der Waals surface area contributed by atoms with Crippen molar-refractivity contribution in [1.82, 2.24) is 0 Å². The van der Waals surface area contributed by atoms with E-state index in [2.05, 4.69) is 0 Å². The molecule has 2 saturated heterocycles. The van der Waals surface area contributed by atoms with E-state index in [1.54, 1.807) is 4.90 Å². The molecule has 0 aliphatic carbocycles. The number of esters is 1. The molecule has 28 heavy (non-hydrogen) atoms. The summed E-state index contributed by atoms with van der Waals surface area (Å²) in [6, 6.07) is 17.4. The maximum atomic E-state index is 13.3. The predicted octanol–water partition coefficient (Wildman–Crippen LogP) is 3.02. The minimum atomic E-state index is -0.734. The predicted molar refractivity (Wildman–Crippen MR) is 103 cm³/mol. The Kier molecular flexibility index (Phi) is 3.88. The first-order valence-corrected chi connectivity index (χ1v) is 9.53. The van der Waals surface area contributed by atoms with Crippen molar-refractivity contribution in [2.45, 2.75) is 25.2 Å². The van der Waals surface area contributed by atoms with E-state index in [1.807, 2.05) is 73.7 Å². The second kappa shape index (κ2) is 6.31. The van der Waals surface area contributed by atoms with Gasteiger partial charge in [0.25, 0.3) is 0 Å². The summed E-state index contributed by atoms with van der Waals surface area (Å²) < 4.78 is 11.7. The number of aryl methyl sites for hydroxylation is 1. The summed E-state index contributed by atoms with van der Waals surface area (Å²) in [7, 11) is 0. The first kappa shape index (κ1) is 17.2. The molecule has 2 fully saturated rings. The zero-order valence-electron chi connectivity index (χ0n) is 15.6. The van der Waals surface area contributed by atoms with Crippen LogP contribution < -0.4 is 4.90 Å². The van der Waals surface area contributed by atoms with Gasteiger partial charge in [-0.25, -0.2) is 0 Å². The Morgan fingerprint density at radius 3 is 2.82 bits per heavy atom. The van der Waals surface area contributed by atoms with Crippen LogP contribution in [0.15, 0.2) is 66.7 Å². The Bertz CT molecular complexity index is 970. The van der Waals surface area contributed by atoms with E-state index >= 15 is 0 Å². The number of carbonyl (C=O) groups is 2. The Labute approximate surface area is 163 Å². The number of carbonyl (C=O) groups excluding carboxylic acids is 2. The topological polar surface area (TPSA) is 55.8 Å². The summed E-state index contributed by atoms with van der Waals surface area (Å²) in [5.41, 5.74) is 2.11. The lowest BCUT2D eigenvalue weighted by Gasteiger charge is -2.22. The Morgan fingerprint density at radius 1 is 1.21 bits per heavy atom. The Hall–Kier alpha value is -2.92. The van der Waals surface area contributed by atoms with Crippen LogP contribution in [0.3, 0.4) is 0 Å². The molecule has 0 saturated carbocycles. The minimum Gasteiger partial charge on any atom is -0.460 e. The zero-order chi connectivity index (χ0) is 19.3. The molecule has 0 unspecified atom stereocenters. The molecule has 0 aromatic heterocycles. The lowest BCUT2D eigenvalue weighted by atomic mass is 9.77. The van der Waals surface area contributed by atoms with E-state index in [0.717, 1.165) is 16.8 Å². The average Bonchev–Trinajstić information content (AvgIpc) is 3.35. The van der Waals surface area contributed by atoms with E-state index in [1.165, 1.54) is 0 Å². The van der Waals surface area contributed by atoms with Gasteiger partial charge in [0.1, 0.15) is 18.1 Å². The molecule has 3 aliphatic rings. The molecule has 5 heteroatoms. The van der Waals surface area contributed by atoms with E-state index in [4.69, 9.17) is 9.47 Å². The van der Waals surface area contributed by atoms with Crippen LogP contribution in [-0.2, 0) is 25.7 Å². The standard InChI is InChI=1S/C23H21NO4/c1-15-6-5-9-17(12-15)24-14-23-11-10-18(28-23)19(20(23)21(24)25)22(26)27-13-16-7-3-2-4-8-16/h2-12,18-20H,13-14H2,1H3/t18-,19-,20-,23+/m0/s1. The normalized spacial score (nSPS) is 30.0. The van der Waals surface area contributed by atoms with E-state index in [-0.39, 0.29) is 18.5 Å². The fourth-order valence-electron chi connectivity index (χ4n) is 4.61. The lowest BCUT2D eigenvalue weighted by Crippen LogP contribution is -2.40. The molecule has 3 aliphatic heterocycles. The molecule has 0 N–H and O–H groups in total. The number of benzene rings is 2. The van der Waals surface area contributed by atoms with Gasteiger partial charge in [0.2, 0.25) is 5.91 Å². The monoisotopic (exact) mass is 375 g/mol. The fourth-order valence-corrected chi connectivity index (χ4v) is 4.61.